The number of ether oxygens (including phenoxy) is 1. The van der Waals surface area contributed by atoms with Crippen molar-refractivity contribution in [1.82, 2.24) is 16.1 Å². The molecule has 2 atom stereocenters. The first kappa shape index (κ1) is 19.1. The second-order valence-corrected chi connectivity index (χ2v) is 9.30. The third kappa shape index (κ3) is 3.69. The number of nitrogens with one attached hydrogen (secondary N) is 3. The van der Waals surface area contributed by atoms with Crippen LogP contribution in [0.15, 0.2) is 18.2 Å². The third-order valence-corrected chi connectivity index (χ3v) is 6.68. The van der Waals surface area contributed by atoms with Crippen LogP contribution < -0.4 is 20.9 Å². The lowest BCUT2D eigenvalue weighted by atomic mass is 9.44. The van der Waals surface area contributed by atoms with Gasteiger partial charge in [-0.15, -0.1) is 0 Å². The highest BCUT2D eigenvalue weighted by Crippen LogP contribution is 2.60. The average Bonchev–Trinajstić information content (AvgIpc) is 3.36. The molecule has 4 saturated carbocycles. The molecule has 5 fully saturated rings. The van der Waals surface area contributed by atoms with Gasteiger partial charge in [0.2, 0.25) is 5.91 Å². The molecule has 6 rings (SSSR count). The van der Waals surface area contributed by atoms with Crippen molar-refractivity contribution in [2.45, 2.75) is 61.7 Å². The molecule has 1 aromatic rings. The lowest BCUT2D eigenvalue weighted by Gasteiger charge is -2.70. The van der Waals surface area contributed by atoms with E-state index >= 15 is 0 Å². The first-order valence-electron chi connectivity index (χ1n) is 9.98. The zero-order chi connectivity index (χ0) is 20.2. The summed E-state index contributed by atoms with van der Waals surface area (Å²) in [4.78, 5) is 30.2. The molecule has 5 aliphatic rings. The summed E-state index contributed by atoms with van der Waals surface area (Å²) in [6, 6.07) is 3.75. The van der Waals surface area contributed by atoms with Gasteiger partial charge in [0.15, 0.2) is 6.61 Å². The number of benzene rings is 1. The van der Waals surface area contributed by atoms with Crippen LogP contribution in [0.2, 0.25) is 5.02 Å². The van der Waals surface area contributed by atoms with Crippen LogP contribution >= 0.6 is 11.6 Å². The second-order valence-electron chi connectivity index (χ2n) is 8.89. The maximum atomic E-state index is 13.4. The Morgan fingerprint density at radius 3 is 2.66 bits per heavy atom. The number of amides is 2. The van der Waals surface area contributed by atoms with Crippen molar-refractivity contribution in [1.29, 1.82) is 0 Å². The van der Waals surface area contributed by atoms with Gasteiger partial charge in [0.1, 0.15) is 17.6 Å². The van der Waals surface area contributed by atoms with Crippen molar-refractivity contribution in [2.75, 3.05) is 6.61 Å². The van der Waals surface area contributed by atoms with Crippen LogP contribution in [0.25, 0.3) is 0 Å². The van der Waals surface area contributed by atoms with Crippen LogP contribution in [0, 0.1) is 11.7 Å². The van der Waals surface area contributed by atoms with E-state index in [0.29, 0.717) is 25.2 Å². The van der Waals surface area contributed by atoms with Crippen LogP contribution in [-0.4, -0.2) is 41.6 Å². The number of rotatable bonds is 7. The lowest BCUT2D eigenvalue weighted by molar-refractivity contribution is -0.151. The summed E-state index contributed by atoms with van der Waals surface area (Å²) < 4.78 is 18.7. The molecule has 0 radical (unpaired) electrons. The molecule has 3 N–H and O–H groups in total. The fourth-order valence-corrected chi connectivity index (χ4v) is 4.98. The van der Waals surface area contributed by atoms with E-state index in [0.717, 1.165) is 12.5 Å². The monoisotopic (exact) mass is 423 g/mol. The summed E-state index contributed by atoms with van der Waals surface area (Å²) >= 11 is 5.63. The molecule has 2 amide bonds. The van der Waals surface area contributed by atoms with Crippen LogP contribution in [0.1, 0.15) is 38.5 Å². The van der Waals surface area contributed by atoms with E-state index < -0.39 is 5.82 Å². The molecular weight excluding hydrogens is 401 g/mol. The van der Waals surface area contributed by atoms with E-state index in [2.05, 4.69) is 16.1 Å². The van der Waals surface area contributed by atoms with Gasteiger partial charge in [-0.25, -0.2) is 4.39 Å². The quantitative estimate of drug-likeness (QED) is 0.622. The van der Waals surface area contributed by atoms with Gasteiger partial charge in [-0.2, -0.15) is 5.48 Å². The highest BCUT2D eigenvalue weighted by atomic mass is 35.5. The van der Waals surface area contributed by atoms with Gasteiger partial charge in [-0.3, -0.25) is 14.4 Å². The maximum absolute atomic E-state index is 13.4. The summed E-state index contributed by atoms with van der Waals surface area (Å²) in [6.07, 6.45) is 5.38. The first-order chi connectivity index (χ1) is 13.9. The Morgan fingerprint density at radius 1 is 1.24 bits per heavy atom. The molecule has 9 heteroatoms. The SMILES string of the molecule is O=C(COc1ccc(Cl)c(F)c1)NC12CC(NC(=O)C3CC(C4CC4)ON3)(C1)C2. The highest BCUT2D eigenvalue weighted by molar-refractivity contribution is 6.30. The minimum absolute atomic E-state index is 0.00504. The maximum Gasteiger partial charge on any atom is 0.258 e. The summed E-state index contributed by atoms with van der Waals surface area (Å²) in [5.74, 6) is -0.0363. The molecule has 4 aliphatic carbocycles. The van der Waals surface area contributed by atoms with Crippen molar-refractivity contribution >= 4 is 23.4 Å². The lowest BCUT2D eigenvalue weighted by Crippen LogP contribution is -2.84. The zero-order valence-electron chi connectivity index (χ0n) is 15.8. The van der Waals surface area contributed by atoms with E-state index in [1.807, 2.05) is 0 Å². The average molecular weight is 424 g/mol. The Labute approximate surface area is 172 Å². The molecule has 0 spiro atoms. The van der Waals surface area contributed by atoms with Gasteiger partial charge in [0.05, 0.1) is 11.1 Å². The van der Waals surface area contributed by atoms with Crippen LogP contribution in [0.4, 0.5) is 4.39 Å². The third-order valence-electron chi connectivity index (χ3n) is 6.38. The molecule has 0 aromatic heterocycles. The predicted molar refractivity (Wildman–Crippen MR) is 102 cm³/mol. The van der Waals surface area contributed by atoms with Gasteiger partial charge >= 0.3 is 0 Å². The molecule has 1 heterocycles. The van der Waals surface area contributed by atoms with E-state index in [4.69, 9.17) is 21.2 Å². The minimum atomic E-state index is -0.590. The summed E-state index contributed by atoms with van der Waals surface area (Å²) in [6.45, 7) is -0.200. The zero-order valence-corrected chi connectivity index (χ0v) is 16.6. The summed E-state index contributed by atoms with van der Waals surface area (Å²) in [5.41, 5.74) is 2.38. The molecule has 1 aromatic carbocycles. The number of hydrogen-bond acceptors (Lipinski definition) is 5. The van der Waals surface area contributed by atoms with Crippen LogP contribution in [0.5, 0.6) is 5.75 Å². The van der Waals surface area contributed by atoms with E-state index in [1.165, 1.54) is 25.0 Å². The largest absolute Gasteiger partial charge is 0.484 e. The van der Waals surface area contributed by atoms with Crippen LogP contribution in [0.3, 0.4) is 0 Å². The van der Waals surface area contributed by atoms with Gasteiger partial charge in [-0.05, 0) is 50.2 Å². The Morgan fingerprint density at radius 2 is 1.97 bits per heavy atom. The summed E-state index contributed by atoms with van der Waals surface area (Å²) in [7, 11) is 0. The van der Waals surface area contributed by atoms with E-state index in [-0.39, 0.29) is 52.4 Å². The van der Waals surface area contributed by atoms with Crippen molar-refractivity contribution in [3.8, 4) is 5.75 Å². The van der Waals surface area contributed by atoms with Gasteiger partial charge in [0, 0.05) is 23.6 Å². The molecule has 7 nitrogen and oxygen atoms in total. The van der Waals surface area contributed by atoms with Crippen molar-refractivity contribution < 1.29 is 23.6 Å². The second kappa shape index (κ2) is 6.82. The van der Waals surface area contributed by atoms with Gasteiger partial charge in [0.25, 0.3) is 5.91 Å². The Kier molecular flexibility index (Phi) is 4.49. The number of hydroxylamine groups is 1. The number of hydrogen-bond donors (Lipinski definition) is 3. The van der Waals surface area contributed by atoms with Gasteiger partial charge in [-0.1, -0.05) is 11.6 Å². The molecule has 1 saturated heterocycles. The smallest absolute Gasteiger partial charge is 0.258 e. The topological polar surface area (TPSA) is 88.7 Å². The fraction of sp³-hybridized carbons (Fsp3) is 0.600. The molecular formula is C20H23ClFN3O4. The Balaban J connectivity index is 1.05. The molecule has 1 aliphatic heterocycles. The van der Waals surface area contributed by atoms with Crippen molar-refractivity contribution in [3.63, 3.8) is 0 Å². The minimum Gasteiger partial charge on any atom is -0.484 e. The van der Waals surface area contributed by atoms with Gasteiger partial charge < -0.3 is 15.4 Å². The van der Waals surface area contributed by atoms with E-state index in [9.17, 15) is 14.0 Å². The highest BCUT2D eigenvalue weighted by Gasteiger charge is 2.69. The first-order valence-corrected chi connectivity index (χ1v) is 10.4. The predicted octanol–water partition coefficient (Wildman–Crippen LogP) is 1.84. The Hall–Kier alpha value is -1.90. The molecule has 156 valence electrons. The standard InChI is InChI=1S/C20H23ClFN3O4/c21-13-4-3-12(5-14(13)22)28-7-17(26)23-19-8-20(9-19,10-19)24-18(27)15-6-16(29-25-15)11-1-2-11/h3-5,11,15-16,25H,1-2,6-10H2,(H,23,26)(H,24,27). The van der Waals surface area contributed by atoms with E-state index in [1.54, 1.807) is 0 Å². The molecule has 29 heavy (non-hydrogen) atoms. The molecule has 2 bridgehead atoms. The normalized spacial score (nSPS) is 34.7. The number of carbonyl (C=O) groups excluding carboxylic acids is 2. The van der Waals surface area contributed by atoms with Crippen LogP contribution in [-0.2, 0) is 14.4 Å². The molecule has 2 unspecified atom stereocenters. The number of halogens is 2. The van der Waals surface area contributed by atoms with Crippen molar-refractivity contribution in [2.24, 2.45) is 5.92 Å². The Bertz CT molecular complexity index is 842. The number of carbonyl (C=O) groups is 2. The fourth-order valence-electron chi connectivity index (χ4n) is 4.86. The summed E-state index contributed by atoms with van der Waals surface area (Å²) in [5, 5.41) is 6.11. The van der Waals surface area contributed by atoms with Crippen molar-refractivity contribution in [3.05, 3.63) is 29.0 Å².